The summed E-state index contributed by atoms with van der Waals surface area (Å²) in [5, 5.41) is 0. The summed E-state index contributed by atoms with van der Waals surface area (Å²) in [4.78, 5) is 13.2. The predicted octanol–water partition coefficient (Wildman–Crippen LogP) is 5.16. The van der Waals surface area contributed by atoms with Gasteiger partial charge in [-0.2, -0.15) is 0 Å². The fourth-order valence-corrected chi connectivity index (χ4v) is 5.95. The summed E-state index contributed by atoms with van der Waals surface area (Å²) < 4.78 is 13.0. The minimum atomic E-state index is -1.94. The van der Waals surface area contributed by atoms with Gasteiger partial charge in [-0.1, -0.05) is 37.3 Å². The van der Waals surface area contributed by atoms with Gasteiger partial charge in [0.2, 0.25) is 0 Å². The molecule has 0 radical (unpaired) electrons. The number of hydrogen-bond donors (Lipinski definition) is 0. The Morgan fingerprint density at radius 3 is 2.20 bits per heavy atom. The van der Waals surface area contributed by atoms with Crippen molar-refractivity contribution in [2.75, 3.05) is 6.61 Å². The SMILES string of the molecule is CCO[C@@H]1CC(=O)C(C)(C)[C@](O[Si](C)(C)C)(c2ccccc2)[C@H]1CC. The Kier molecular flexibility index (Phi) is 5.97. The highest BCUT2D eigenvalue weighted by Crippen LogP contribution is 2.56. The minimum Gasteiger partial charge on any atom is -0.407 e. The molecule has 1 aliphatic carbocycles. The topological polar surface area (TPSA) is 35.5 Å². The lowest BCUT2D eigenvalue weighted by molar-refractivity contribution is -0.189. The average Bonchev–Trinajstić information content (AvgIpc) is 2.53. The van der Waals surface area contributed by atoms with Crippen molar-refractivity contribution >= 4 is 14.1 Å². The van der Waals surface area contributed by atoms with Gasteiger partial charge in [-0.15, -0.1) is 0 Å². The third kappa shape index (κ3) is 3.62. The molecular formula is C21H34O3Si. The third-order valence-electron chi connectivity index (χ3n) is 5.47. The van der Waals surface area contributed by atoms with E-state index in [1.165, 1.54) is 0 Å². The van der Waals surface area contributed by atoms with Gasteiger partial charge in [-0.05, 0) is 52.4 Å². The van der Waals surface area contributed by atoms with Gasteiger partial charge in [0.1, 0.15) is 5.78 Å². The van der Waals surface area contributed by atoms with Crippen molar-refractivity contribution in [3.05, 3.63) is 35.9 Å². The van der Waals surface area contributed by atoms with Crippen LogP contribution in [0, 0.1) is 11.3 Å². The summed E-state index contributed by atoms with van der Waals surface area (Å²) in [6, 6.07) is 10.3. The fourth-order valence-electron chi connectivity index (χ4n) is 4.46. The zero-order valence-electron chi connectivity index (χ0n) is 16.9. The molecule has 0 aromatic heterocycles. The summed E-state index contributed by atoms with van der Waals surface area (Å²) in [6.07, 6.45) is 1.30. The van der Waals surface area contributed by atoms with Crippen LogP contribution >= 0.6 is 0 Å². The molecule has 3 nitrogen and oxygen atoms in total. The Morgan fingerprint density at radius 1 is 1.12 bits per heavy atom. The van der Waals surface area contributed by atoms with Crippen molar-refractivity contribution in [1.29, 1.82) is 0 Å². The second kappa shape index (κ2) is 7.34. The normalized spacial score (nSPS) is 29.6. The van der Waals surface area contributed by atoms with Crippen molar-refractivity contribution in [2.45, 2.75) is 71.9 Å². The van der Waals surface area contributed by atoms with Crippen molar-refractivity contribution in [3.8, 4) is 0 Å². The number of ether oxygens (including phenoxy) is 1. The molecule has 1 aromatic carbocycles. The van der Waals surface area contributed by atoms with Gasteiger partial charge < -0.3 is 9.16 Å². The molecule has 1 fully saturated rings. The Bertz CT molecular complexity index is 591. The van der Waals surface area contributed by atoms with Crippen LogP contribution in [-0.4, -0.2) is 26.8 Å². The monoisotopic (exact) mass is 362 g/mol. The Labute approximate surface area is 154 Å². The highest BCUT2D eigenvalue weighted by atomic mass is 28.4. The smallest absolute Gasteiger partial charge is 0.185 e. The van der Waals surface area contributed by atoms with Gasteiger partial charge in [0.15, 0.2) is 8.32 Å². The van der Waals surface area contributed by atoms with Crippen LogP contribution in [0.5, 0.6) is 0 Å². The van der Waals surface area contributed by atoms with Gasteiger partial charge in [0.25, 0.3) is 0 Å². The molecule has 4 heteroatoms. The van der Waals surface area contributed by atoms with E-state index in [9.17, 15) is 4.79 Å². The minimum absolute atomic E-state index is 0.0907. The summed E-state index contributed by atoms with van der Waals surface area (Å²) in [5.41, 5.74) is -0.141. The molecule has 0 spiro atoms. The molecule has 1 saturated carbocycles. The van der Waals surface area contributed by atoms with Gasteiger partial charge >= 0.3 is 0 Å². The highest BCUT2D eigenvalue weighted by molar-refractivity contribution is 6.69. The van der Waals surface area contributed by atoms with Crippen molar-refractivity contribution < 1.29 is 14.0 Å². The zero-order valence-corrected chi connectivity index (χ0v) is 17.9. The number of carbonyl (C=O) groups is 1. The molecule has 3 atom stereocenters. The van der Waals surface area contributed by atoms with E-state index in [2.05, 4.69) is 52.5 Å². The maximum atomic E-state index is 13.2. The molecule has 0 N–H and O–H groups in total. The van der Waals surface area contributed by atoms with Crippen molar-refractivity contribution in [2.24, 2.45) is 11.3 Å². The Morgan fingerprint density at radius 2 is 1.72 bits per heavy atom. The Hall–Kier alpha value is -0.973. The summed E-state index contributed by atoms with van der Waals surface area (Å²) >= 11 is 0. The fraction of sp³-hybridized carbons (Fsp3) is 0.667. The molecule has 25 heavy (non-hydrogen) atoms. The van der Waals surface area contributed by atoms with Crippen LogP contribution < -0.4 is 0 Å². The molecule has 1 aromatic rings. The van der Waals surface area contributed by atoms with Crippen LogP contribution in [0.1, 0.15) is 46.1 Å². The number of rotatable bonds is 6. The van der Waals surface area contributed by atoms with Gasteiger partial charge in [-0.3, -0.25) is 4.79 Å². The average molecular weight is 363 g/mol. The van der Waals surface area contributed by atoms with Crippen LogP contribution in [0.15, 0.2) is 30.3 Å². The van der Waals surface area contributed by atoms with Crippen LogP contribution in [0.3, 0.4) is 0 Å². The maximum Gasteiger partial charge on any atom is 0.185 e. The number of Topliss-reactive ketones (excluding diaryl/α,β-unsaturated/α-hetero) is 1. The van der Waals surface area contributed by atoms with Crippen LogP contribution in [0.4, 0.5) is 0 Å². The Balaban J connectivity index is 2.74. The van der Waals surface area contributed by atoms with E-state index in [4.69, 9.17) is 9.16 Å². The van der Waals surface area contributed by atoms with E-state index in [0.29, 0.717) is 13.0 Å². The van der Waals surface area contributed by atoms with E-state index in [-0.39, 0.29) is 17.8 Å². The van der Waals surface area contributed by atoms with Crippen molar-refractivity contribution in [3.63, 3.8) is 0 Å². The lowest BCUT2D eigenvalue weighted by atomic mass is 9.55. The standard InChI is InChI=1S/C21H34O3Si/c1-8-17-18(23-9-2)15-19(22)20(3,4)21(17,24-25(5,6)7)16-13-11-10-12-14-16/h10-14,17-18H,8-9,15H2,1-7H3/t17-,18+,21-/m0/s1. The van der Waals surface area contributed by atoms with Gasteiger partial charge in [0.05, 0.1) is 17.1 Å². The van der Waals surface area contributed by atoms with Crippen LogP contribution in [0.25, 0.3) is 0 Å². The van der Waals surface area contributed by atoms with E-state index in [0.717, 1.165) is 12.0 Å². The number of benzene rings is 1. The number of carbonyl (C=O) groups excluding carboxylic acids is 1. The second-order valence-electron chi connectivity index (χ2n) is 8.58. The lowest BCUT2D eigenvalue weighted by Crippen LogP contribution is -2.64. The lowest BCUT2D eigenvalue weighted by Gasteiger charge is -2.58. The summed E-state index contributed by atoms with van der Waals surface area (Å²) in [6.45, 7) is 15.5. The van der Waals surface area contributed by atoms with E-state index >= 15 is 0 Å². The molecular weight excluding hydrogens is 328 g/mol. The third-order valence-corrected chi connectivity index (χ3v) is 6.41. The quantitative estimate of drug-likeness (QED) is 0.655. The first-order valence-electron chi connectivity index (χ1n) is 9.50. The number of hydrogen-bond acceptors (Lipinski definition) is 3. The maximum absolute atomic E-state index is 13.2. The molecule has 0 bridgehead atoms. The first kappa shape index (κ1) is 20.3. The molecule has 140 valence electrons. The van der Waals surface area contributed by atoms with Crippen molar-refractivity contribution in [1.82, 2.24) is 0 Å². The van der Waals surface area contributed by atoms with Gasteiger partial charge in [-0.25, -0.2) is 0 Å². The molecule has 1 aliphatic rings. The summed E-state index contributed by atoms with van der Waals surface area (Å²) in [7, 11) is -1.94. The highest BCUT2D eigenvalue weighted by Gasteiger charge is 2.62. The first-order chi connectivity index (χ1) is 11.6. The number of ketones is 1. The molecule has 0 aliphatic heterocycles. The molecule has 0 heterocycles. The predicted molar refractivity (Wildman–Crippen MR) is 105 cm³/mol. The first-order valence-corrected chi connectivity index (χ1v) is 12.9. The summed E-state index contributed by atoms with van der Waals surface area (Å²) in [5.74, 6) is 0.382. The van der Waals surface area contributed by atoms with Gasteiger partial charge in [0, 0.05) is 18.9 Å². The van der Waals surface area contributed by atoms with E-state index in [1.54, 1.807) is 0 Å². The van der Waals surface area contributed by atoms with Crippen LogP contribution in [-0.2, 0) is 19.6 Å². The molecule has 0 unspecified atom stereocenters. The second-order valence-corrected chi connectivity index (χ2v) is 13.0. The van der Waals surface area contributed by atoms with E-state index in [1.807, 2.05) is 25.1 Å². The zero-order chi connectivity index (χ0) is 18.9. The molecule has 2 rings (SSSR count). The van der Waals surface area contributed by atoms with E-state index < -0.39 is 19.3 Å². The molecule has 0 amide bonds. The van der Waals surface area contributed by atoms with Crippen LogP contribution in [0.2, 0.25) is 19.6 Å². The molecule has 0 saturated heterocycles. The largest absolute Gasteiger partial charge is 0.407 e.